The number of likely N-dealkylation sites (N-methyl/N-ethyl adjacent to an activating group) is 2. The number of halogens is 6. The number of carbonyl (C=O) groups is 2. The maximum atomic E-state index is 13.4. The van der Waals surface area contributed by atoms with Crippen molar-refractivity contribution < 1.29 is 40.7 Å². The number of carbonyl (C=O) groups excluding carboxylic acids is 2. The van der Waals surface area contributed by atoms with Gasteiger partial charge in [0.05, 0.1) is 24.2 Å². The third kappa shape index (κ3) is 13.3. The van der Waals surface area contributed by atoms with Gasteiger partial charge in [-0.1, -0.05) is 115 Å². The Morgan fingerprint density at radius 3 is 1.36 bits per heavy atom. The molecule has 5 nitrogen and oxygen atoms in total. The Hall–Kier alpha value is -5.88. The molecule has 0 heterocycles. The van der Waals surface area contributed by atoms with E-state index >= 15 is 0 Å². The van der Waals surface area contributed by atoms with E-state index in [9.17, 15) is 35.9 Å². The van der Waals surface area contributed by atoms with Gasteiger partial charge in [0.25, 0.3) is 0 Å². The Bertz CT molecular complexity index is 2020. The van der Waals surface area contributed by atoms with Crippen molar-refractivity contribution in [2.24, 2.45) is 0 Å². The highest BCUT2D eigenvalue weighted by atomic mass is 19.4. The maximum absolute atomic E-state index is 13.4. The van der Waals surface area contributed by atoms with E-state index in [0.29, 0.717) is 29.8 Å². The molecular formula is C42H34F6N2O3. The molecule has 4 rings (SSSR count). The van der Waals surface area contributed by atoms with Crippen molar-refractivity contribution in [3.63, 3.8) is 0 Å². The molecule has 0 amide bonds. The van der Waals surface area contributed by atoms with Gasteiger partial charge < -0.3 is 4.74 Å². The molecule has 0 bridgehead atoms. The lowest BCUT2D eigenvalue weighted by Crippen LogP contribution is -2.33. The summed E-state index contributed by atoms with van der Waals surface area (Å²) in [5, 5.41) is 0. The molecule has 0 N–H and O–H groups in total. The van der Waals surface area contributed by atoms with Gasteiger partial charge in [0.15, 0.2) is 0 Å². The molecule has 0 atom stereocenters. The molecule has 0 spiro atoms. The van der Waals surface area contributed by atoms with Crippen LogP contribution in [0.3, 0.4) is 0 Å². The fourth-order valence-electron chi connectivity index (χ4n) is 4.80. The van der Waals surface area contributed by atoms with Crippen LogP contribution < -0.4 is 0 Å². The second kappa shape index (κ2) is 18.6. The number of hydrogen-bond donors (Lipinski definition) is 0. The minimum Gasteiger partial charge on any atom is -0.391 e. The highest BCUT2D eigenvalue weighted by molar-refractivity contribution is 5.87. The van der Waals surface area contributed by atoms with Crippen LogP contribution in [-0.2, 0) is 26.7 Å². The van der Waals surface area contributed by atoms with Crippen molar-refractivity contribution in [3.05, 3.63) is 155 Å². The van der Waals surface area contributed by atoms with Crippen LogP contribution in [0.15, 0.2) is 121 Å². The molecule has 4 aromatic rings. The summed E-state index contributed by atoms with van der Waals surface area (Å²) in [4.78, 5) is 28.4. The molecule has 0 saturated carbocycles. The zero-order valence-electron chi connectivity index (χ0n) is 28.8. The third-order valence-electron chi connectivity index (χ3n) is 7.45. The minimum absolute atomic E-state index is 0.0399. The molecule has 0 unspecified atom stereocenters. The second-order valence-corrected chi connectivity index (χ2v) is 11.9. The molecule has 4 aromatic carbocycles. The van der Waals surface area contributed by atoms with Gasteiger partial charge in [0.2, 0.25) is 0 Å². The normalized spacial score (nSPS) is 12.1. The molecule has 53 heavy (non-hydrogen) atoms. The summed E-state index contributed by atoms with van der Waals surface area (Å²) < 4.78 is 85.1. The minimum atomic E-state index is -5.01. The first kappa shape index (κ1) is 39.9. The smallest absolute Gasteiger partial charge is 0.391 e. The van der Waals surface area contributed by atoms with Crippen molar-refractivity contribution in [3.8, 4) is 23.7 Å². The monoisotopic (exact) mass is 728 g/mol. The van der Waals surface area contributed by atoms with E-state index in [1.165, 1.54) is 4.90 Å². The van der Waals surface area contributed by atoms with Gasteiger partial charge in [-0.2, -0.15) is 26.3 Å². The Morgan fingerprint density at radius 2 is 0.962 bits per heavy atom. The van der Waals surface area contributed by atoms with Crippen LogP contribution in [0.4, 0.5) is 26.3 Å². The van der Waals surface area contributed by atoms with Crippen LogP contribution >= 0.6 is 0 Å². The Balaban J connectivity index is 1.39. The molecule has 0 fully saturated rings. The van der Waals surface area contributed by atoms with E-state index in [1.54, 1.807) is 55.4 Å². The van der Waals surface area contributed by atoms with E-state index in [4.69, 9.17) is 4.74 Å². The van der Waals surface area contributed by atoms with Gasteiger partial charge in [-0.25, -0.2) is 0 Å². The Labute approximate surface area is 304 Å². The zero-order valence-corrected chi connectivity index (χ0v) is 28.8. The molecule has 11 heteroatoms. The first-order valence-corrected chi connectivity index (χ1v) is 16.2. The lowest BCUT2D eigenvalue weighted by molar-refractivity contribution is -0.160. The van der Waals surface area contributed by atoms with Crippen molar-refractivity contribution >= 4 is 23.1 Å². The summed E-state index contributed by atoms with van der Waals surface area (Å²) >= 11 is 0. The van der Waals surface area contributed by atoms with Crippen LogP contribution in [0.1, 0.15) is 33.4 Å². The first-order chi connectivity index (χ1) is 25.2. The standard InChI is InChI=1S/C42H34F6N2O3/c1-49(24-22-35(33-14-8-4-9-15-33)20-18-31-12-6-3-7-13-31)29-39(51)53-40(52)30-50(2)25-23-36(34-16-10-5-11-17-34)21-19-32-26-37(41(43,44)45)28-38(27-32)42(46,47)48/h3-17,22-23,26-28H,24-25,29-30H2,1-2H3. The zero-order chi connectivity index (χ0) is 38.4. The number of benzene rings is 4. The fraction of sp³-hybridized carbons (Fsp3) is 0.190. The van der Waals surface area contributed by atoms with Crippen molar-refractivity contribution in [1.82, 2.24) is 9.80 Å². The average Bonchev–Trinajstić information content (AvgIpc) is 3.11. The molecule has 0 aliphatic heterocycles. The number of nitrogens with zero attached hydrogens (tertiary/aromatic N) is 2. The van der Waals surface area contributed by atoms with Gasteiger partial charge in [-0.3, -0.25) is 19.4 Å². The predicted molar refractivity (Wildman–Crippen MR) is 192 cm³/mol. The quantitative estimate of drug-likeness (QED) is 0.0714. The van der Waals surface area contributed by atoms with Gasteiger partial charge >= 0.3 is 24.3 Å². The third-order valence-corrected chi connectivity index (χ3v) is 7.45. The van der Waals surface area contributed by atoms with E-state index in [-0.39, 0.29) is 25.7 Å². The highest BCUT2D eigenvalue weighted by Gasteiger charge is 2.36. The topological polar surface area (TPSA) is 49.9 Å². The molecular weight excluding hydrogens is 694 g/mol. The van der Waals surface area contributed by atoms with Crippen LogP contribution in [0.25, 0.3) is 11.1 Å². The van der Waals surface area contributed by atoms with E-state index in [2.05, 4.69) is 23.7 Å². The predicted octanol–water partition coefficient (Wildman–Crippen LogP) is 8.23. The molecule has 0 aliphatic rings. The van der Waals surface area contributed by atoms with Gasteiger partial charge in [-0.05, 0) is 55.6 Å². The maximum Gasteiger partial charge on any atom is 0.416 e. The Kier molecular flexibility index (Phi) is 14.0. The average molecular weight is 729 g/mol. The number of allylic oxidation sites excluding steroid dienone is 2. The van der Waals surface area contributed by atoms with Crippen LogP contribution in [0.5, 0.6) is 0 Å². The summed E-state index contributed by atoms with van der Waals surface area (Å²) in [6.07, 6.45) is -6.56. The molecule has 0 aliphatic carbocycles. The van der Waals surface area contributed by atoms with Crippen LogP contribution in [-0.4, -0.2) is 62.0 Å². The number of ether oxygens (including phenoxy) is 1. The van der Waals surface area contributed by atoms with Crippen LogP contribution in [0, 0.1) is 23.7 Å². The lowest BCUT2D eigenvalue weighted by Gasteiger charge is -2.16. The second-order valence-electron chi connectivity index (χ2n) is 11.9. The lowest BCUT2D eigenvalue weighted by atomic mass is 10.0. The summed E-state index contributed by atoms with van der Waals surface area (Å²) in [5.41, 5.74) is -0.0371. The fourth-order valence-corrected chi connectivity index (χ4v) is 4.80. The summed E-state index contributed by atoms with van der Waals surface area (Å²) in [7, 11) is 3.26. The molecule has 0 saturated heterocycles. The largest absolute Gasteiger partial charge is 0.416 e. The molecule has 0 radical (unpaired) electrons. The number of esters is 2. The SMILES string of the molecule is CN(CC=C(C#Cc1ccccc1)c1ccccc1)CC(=O)OC(=O)CN(C)CC=C(C#Cc1cc(C(F)(F)F)cc(C(F)(F)F)c1)c1ccccc1. The summed E-state index contributed by atoms with van der Waals surface area (Å²) in [6.45, 7) is -0.0604. The number of rotatable bonds is 10. The summed E-state index contributed by atoms with van der Waals surface area (Å²) in [5.74, 6) is 9.86. The van der Waals surface area contributed by atoms with E-state index in [0.717, 1.165) is 16.7 Å². The van der Waals surface area contributed by atoms with Crippen molar-refractivity contribution in [2.75, 3.05) is 40.3 Å². The first-order valence-electron chi connectivity index (χ1n) is 16.2. The number of alkyl halides is 6. The van der Waals surface area contributed by atoms with Gasteiger partial charge in [-0.15, -0.1) is 0 Å². The molecule has 0 aromatic heterocycles. The summed E-state index contributed by atoms with van der Waals surface area (Å²) in [6, 6.07) is 28.7. The van der Waals surface area contributed by atoms with Crippen LogP contribution in [0.2, 0.25) is 0 Å². The van der Waals surface area contributed by atoms with E-state index < -0.39 is 41.0 Å². The molecule has 272 valence electrons. The van der Waals surface area contributed by atoms with Gasteiger partial charge in [0, 0.05) is 35.4 Å². The van der Waals surface area contributed by atoms with Crippen molar-refractivity contribution in [1.29, 1.82) is 0 Å². The number of hydrogen-bond acceptors (Lipinski definition) is 5. The van der Waals surface area contributed by atoms with Gasteiger partial charge in [0.1, 0.15) is 0 Å². The Morgan fingerprint density at radius 1 is 0.585 bits per heavy atom. The highest BCUT2D eigenvalue weighted by Crippen LogP contribution is 2.36. The van der Waals surface area contributed by atoms with Crippen molar-refractivity contribution in [2.45, 2.75) is 12.4 Å². The van der Waals surface area contributed by atoms with E-state index in [1.807, 2.05) is 66.7 Å².